The SMILES string of the molecule is CCCNC(=O)[C@H](CC)N(Cc1ccc(Cl)c(Cl)c1)C(=O)CCc1ccc2c(c1)OCCO2. The second-order valence-electron chi connectivity index (χ2n) is 7.96. The second kappa shape index (κ2) is 12.1. The molecule has 0 radical (unpaired) electrons. The Morgan fingerprint density at radius 2 is 1.73 bits per heavy atom. The predicted octanol–water partition coefficient (Wildman–Crippen LogP) is 5.03. The highest BCUT2D eigenvalue weighted by Gasteiger charge is 2.28. The van der Waals surface area contributed by atoms with Gasteiger partial charge < -0.3 is 19.7 Å². The van der Waals surface area contributed by atoms with Crippen LogP contribution < -0.4 is 14.8 Å². The molecule has 1 atom stereocenters. The third-order valence-electron chi connectivity index (χ3n) is 5.51. The molecule has 0 unspecified atom stereocenters. The summed E-state index contributed by atoms with van der Waals surface area (Å²) in [5.41, 5.74) is 1.80. The average molecular weight is 493 g/mol. The number of fused-ring (bicyclic) bond motifs is 1. The van der Waals surface area contributed by atoms with Gasteiger partial charge in [0.2, 0.25) is 11.8 Å². The maximum Gasteiger partial charge on any atom is 0.242 e. The fourth-order valence-electron chi connectivity index (χ4n) is 3.76. The van der Waals surface area contributed by atoms with Gasteiger partial charge >= 0.3 is 0 Å². The van der Waals surface area contributed by atoms with Gasteiger partial charge in [0.15, 0.2) is 11.5 Å². The molecule has 0 fully saturated rings. The van der Waals surface area contributed by atoms with Crippen molar-refractivity contribution in [3.8, 4) is 11.5 Å². The monoisotopic (exact) mass is 492 g/mol. The zero-order valence-electron chi connectivity index (χ0n) is 19.0. The van der Waals surface area contributed by atoms with E-state index in [0.29, 0.717) is 48.4 Å². The third-order valence-corrected chi connectivity index (χ3v) is 6.25. The second-order valence-corrected chi connectivity index (χ2v) is 8.78. The number of carbonyl (C=O) groups excluding carboxylic acids is 2. The number of ether oxygens (including phenoxy) is 2. The maximum atomic E-state index is 13.4. The van der Waals surface area contributed by atoms with E-state index in [1.165, 1.54) is 0 Å². The van der Waals surface area contributed by atoms with Crippen LogP contribution in [0.4, 0.5) is 0 Å². The number of rotatable bonds is 10. The summed E-state index contributed by atoms with van der Waals surface area (Å²) in [5, 5.41) is 3.79. The van der Waals surface area contributed by atoms with Gasteiger partial charge in [-0.15, -0.1) is 0 Å². The Hall–Kier alpha value is -2.44. The molecule has 1 heterocycles. The molecule has 8 heteroatoms. The van der Waals surface area contributed by atoms with E-state index in [9.17, 15) is 9.59 Å². The normalized spacial score (nSPS) is 13.3. The molecule has 2 aromatic rings. The Morgan fingerprint density at radius 3 is 2.42 bits per heavy atom. The van der Waals surface area contributed by atoms with Gasteiger partial charge in [-0.3, -0.25) is 9.59 Å². The smallest absolute Gasteiger partial charge is 0.242 e. The van der Waals surface area contributed by atoms with Crippen LogP contribution >= 0.6 is 23.2 Å². The van der Waals surface area contributed by atoms with E-state index in [-0.39, 0.29) is 24.8 Å². The lowest BCUT2D eigenvalue weighted by Crippen LogP contribution is -2.49. The van der Waals surface area contributed by atoms with E-state index in [2.05, 4.69) is 5.32 Å². The van der Waals surface area contributed by atoms with Crippen LogP contribution in [0, 0.1) is 0 Å². The van der Waals surface area contributed by atoms with Crippen LogP contribution in [0.1, 0.15) is 44.2 Å². The number of benzene rings is 2. The summed E-state index contributed by atoms with van der Waals surface area (Å²) < 4.78 is 11.2. The van der Waals surface area contributed by atoms with Crippen LogP contribution in [0.15, 0.2) is 36.4 Å². The molecule has 0 aromatic heterocycles. The largest absolute Gasteiger partial charge is 0.486 e. The van der Waals surface area contributed by atoms with Crippen LogP contribution in [-0.4, -0.2) is 42.5 Å². The van der Waals surface area contributed by atoms with E-state index in [4.69, 9.17) is 32.7 Å². The van der Waals surface area contributed by atoms with Crippen molar-refractivity contribution in [3.63, 3.8) is 0 Å². The van der Waals surface area contributed by atoms with Crippen LogP contribution in [0.2, 0.25) is 10.0 Å². The molecule has 6 nitrogen and oxygen atoms in total. The molecule has 178 valence electrons. The number of nitrogens with one attached hydrogen (secondary N) is 1. The minimum atomic E-state index is -0.571. The van der Waals surface area contributed by atoms with Crippen molar-refractivity contribution in [2.45, 2.75) is 52.1 Å². The number of carbonyl (C=O) groups is 2. The Bertz CT molecular complexity index is 983. The van der Waals surface area contributed by atoms with Crippen LogP contribution in [0.25, 0.3) is 0 Å². The molecule has 2 amide bonds. The highest BCUT2D eigenvalue weighted by atomic mass is 35.5. The fourth-order valence-corrected chi connectivity index (χ4v) is 4.08. The van der Waals surface area contributed by atoms with Gasteiger partial charge in [0.1, 0.15) is 19.3 Å². The van der Waals surface area contributed by atoms with Gasteiger partial charge in [-0.25, -0.2) is 0 Å². The minimum absolute atomic E-state index is 0.102. The molecule has 2 aromatic carbocycles. The summed E-state index contributed by atoms with van der Waals surface area (Å²) in [6.45, 7) is 5.79. The van der Waals surface area contributed by atoms with Gasteiger partial charge in [-0.2, -0.15) is 0 Å². The molecular formula is C25H30Cl2N2O4. The summed E-state index contributed by atoms with van der Waals surface area (Å²) in [4.78, 5) is 27.9. The fraction of sp³-hybridized carbons (Fsp3) is 0.440. The molecule has 3 rings (SSSR count). The number of halogens is 2. The third kappa shape index (κ3) is 6.78. The van der Waals surface area contributed by atoms with E-state index in [1.54, 1.807) is 17.0 Å². The van der Waals surface area contributed by atoms with Gasteiger partial charge in [-0.1, -0.05) is 49.2 Å². The number of hydrogen-bond acceptors (Lipinski definition) is 4. The molecule has 1 N–H and O–H groups in total. The number of aryl methyl sites for hydroxylation is 1. The summed E-state index contributed by atoms with van der Waals surface area (Å²) >= 11 is 12.2. The molecule has 33 heavy (non-hydrogen) atoms. The quantitative estimate of drug-likeness (QED) is 0.504. The molecule has 0 aliphatic carbocycles. The van der Waals surface area contributed by atoms with E-state index < -0.39 is 6.04 Å². The molecular weight excluding hydrogens is 463 g/mol. The standard InChI is InChI=1S/C25H30Cl2N2O4/c1-3-11-28-25(31)21(4-2)29(16-18-5-8-19(26)20(27)14-18)24(30)10-7-17-6-9-22-23(15-17)33-13-12-32-22/h5-6,8-9,14-15,21H,3-4,7,10-13,16H2,1-2H3,(H,28,31)/t21-/m0/s1. The lowest BCUT2D eigenvalue weighted by Gasteiger charge is -2.31. The zero-order valence-corrected chi connectivity index (χ0v) is 20.5. The minimum Gasteiger partial charge on any atom is -0.486 e. The van der Waals surface area contributed by atoms with Crippen molar-refractivity contribution in [1.29, 1.82) is 0 Å². The van der Waals surface area contributed by atoms with E-state index >= 15 is 0 Å². The van der Waals surface area contributed by atoms with Crippen molar-refractivity contribution in [3.05, 3.63) is 57.6 Å². The van der Waals surface area contributed by atoms with Crippen molar-refractivity contribution in [1.82, 2.24) is 10.2 Å². The molecule has 0 saturated heterocycles. The highest BCUT2D eigenvalue weighted by Crippen LogP contribution is 2.31. The van der Waals surface area contributed by atoms with Crippen molar-refractivity contribution >= 4 is 35.0 Å². The summed E-state index contributed by atoms with van der Waals surface area (Å²) in [5.74, 6) is 1.17. The van der Waals surface area contributed by atoms with Crippen molar-refractivity contribution in [2.24, 2.45) is 0 Å². The Kier molecular flexibility index (Phi) is 9.27. The van der Waals surface area contributed by atoms with Crippen molar-refractivity contribution in [2.75, 3.05) is 19.8 Å². The first-order valence-corrected chi connectivity index (χ1v) is 12.1. The predicted molar refractivity (Wildman–Crippen MR) is 130 cm³/mol. The number of amides is 2. The van der Waals surface area contributed by atoms with Crippen molar-refractivity contribution < 1.29 is 19.1 Å². The maximum absolute atomic E-state index is 13.4. The summed E-state index contributed by atoms with van der Waals surface area (Å²) in [6, 6.07) is 10.4. The van der Waals surface area contributed by atoms with Gasteiger partial charge in [0.05, 0.1) is 10.0 Å². The number of nitrogens with zero attached hydrogens (tertiary/aromatic N) is 1. The van der Waals surface area contributed by atoms with Crippen LogP contribution in [0.3, 0.4) is 0 Å². The molecule has 0 bridgehead atoms. The lowest BCUT2D eigenvalue weighted by molar-refractivity contribution is -0.141. The highest BCUT2D eigenvalue weighted by molar-refractivity contribution is 6.42. The van der Waals surface area contributed by atoms with Crippen LogP contribution in [-0.2, 0) is 22.6 Å². The van der Waals surface area contributed by atoms with E-state index in [1.807, 2.05) is 38.1 Å². The topological polar surface area (TPSA) is 67.9 Å². The first-order valence-electron chi connectivity index (χ1n) is 11.3. The van der Waals surface area contributed by atoms with Crippen LogP contribution in [0.5, 0.6) is 11.5 Å². The first kappa shape index (κ1) is 25.2. The lowest BCUT2D eigenvalue weighted by atomic mass is 10.1. The first-order chi connectivity index (χ1) is 15.9. The summed E-state index contributed by atoms with van der Waals surface area (Å²) in [6.07, 6.45) is 2.12. The Morgan fingerprint density at radius 1 is 1.00 bits per heavy atom. The Labute approximate surface area is 205 Å². The average Bonchev–Trinajstić information content (AvgIpc) is 2.83. The number of hydrogen-bond donors (Lipinski definition) is 1. The molecule has 1 aliphatic heterocycles. The zero-order chi connectivity index (χ0) is 23.8. The summed E-state index contributed by atoms with van der Waals surface area (Å²) in [7, 11) is 0. The van der Waals surface area contributed by atoms with Gasteiger partial charge in [0, 0.05) is 19.5 Å². The molecule has 1 aliphatic rings. The Balaban J connectivity index is 1.76. The molecule has 0 spiro atoms. The van der Waals surface area contributed by atoms with Gasteiger partial charge in [0.25, 0.3) is 0 Å². The van der Waals surface area contributed by atoms with E-state index in [0.717, 1.165) is 23.3 Å². The van der Waals surface area contributed by atoms with Gasteiger partial charge in [-0.05, 0) is 54.7 Å². The molecule has 0 saturated carbocycles.